The molecular formula is C6H6BN3. The Morgan fingerprint density at radius 1 is 1.10 bits per heavy atom. The minimum absolute atomic E-state index is 0.330. The molecule has 0 aromatic carbocycles. The number of nitrogens with zero attached hydrogens (tertiary/aromatic N) is 3. The van der Waals surface area contributed by atoms with Crippen LogP contribution in [0.5, 0.6) is 0 Å². The maximum atomic E-state index is 8.41. The highest BCUT2D eigenvalue weighted by molar-refractivity contribution is 6.08. The summed E-state index contributed by atoms with van der Waals surface area (Å²) in [7, 11) is 1.83. The van der Waals surface area contributed by atoms with Gasteiger partial charge in [0, 0.05) is 0 Å². The lowest BCUT2D eigenvalue weighted by molar-refractivity contribution is 0.649. The molecule has 4 heteroatoms. The SMILES string of the molecule is BCCC(C#N)(C#N)C#N. The van der Waals surface area contributed by atoms with Crippen LogP contribution >= 0.6 is 0 Å². The van der Waals surface area contributed by atoms with Gasteiger partial charge in [-0.15, -0.1) is 0 Å². The van der Waals surface area contributed by atoms with Crippen LogP contribution in [0.15, 0.2) is 0 Å². The van der Waals surface area contributed by atoms with Crippen molar-refractivity contribution in [3.8, 4) is 18.2 Å². The Morgan fingerprint density at radius 2 is 1.50 bits per heavy atom. The Labute approximate surface area is 60.9 Å². The molecular weight excluding hydrogens is 125 g/mol. The molecule has 0 atom stereocenters. The van der Waals surface area contributed by atoms with Crippen LogP contribution in [0.25, 0.3) is 0 Å². The molecule has 0 aliphatic carbocycles. The van der Waals surface area contributed by atoms with Crippen LogP contribution in [-0.2, 0) is 0 Å². The van der Waals surface area contributed by atoms with Crippen LogP contribution in [0, 0.1) is 39.4 Å². The third-order valence-corrected chi connectivity index (χ3v) is 1.20. The second kappa shape index (κ2) is 3.54. The molecule has 10 heavy (non-hydrogen) atoms. The summed E-state index contributed by atoms with van der Waals surface area (Å²) in [5, 5.41) is 25.2. The fourth-order valence-corrected chi connectivity index (χ4v) is 0.618. The lowest BCUT2D eigenvalue weighted by atomic mass is 9.83. The van der Waals surface area contributed by atoms with Crippen molar-refractivity contribution in [3.63, 3.8) is 0 Å². The van der Waals surface area contributed by atoms with Crippen molar-refractivity contribution in [1.29, 1.82) is 15.8 Å². The third-order valence-electron chi connectivity index (χ3n) is 1.20. The van der Waals surface area contributed by atoms with E-state index in [1.165, 1.54) is 0 Å². The monoisotopic (exact) mass is 131 g/mol. The Bertz CT molecular complexity index is 191. The van der Waals surface area contributed by atoms with Gasteiger partial charge in [0.15, 0.2) is 0 Å². The zero-order chi connectivity index (χ0) is 8.04. The quantitative estimate of drug-likeness (QED) is 0.494. The molecule has 0 N–H and O–H groups in total. The van der Waals surface area contributed by atoms with Gasteiger partial charge in [0.1, 0.15) is 26.1 Å². The molecule has 0 amide bonds. The van der Waals surface area contributed by atoms with E-state index in [4.69, 9.17) is 15.8 Å². The molecule has 0 saturated carbocycles. The highest BCUT2D eigenvalue weighted by atomic mass is 14.4. The molecule has 0 bridgehead atoms. The fourth-order valence-electron chi connectivity index (χ4n) is 0.618. The normalized spacial score (nSPS) is 8.90. The first-order chi connectivity index (χ1) is 4.74. The molecule has 0 rings (SSSR count). The molecule has 0 unspecified atom stereocenters. The van der Waals surface area contributed by atoms with Gasteiger partial charge in [0.05, 0.1) is 0 Å². The lowest BCUT2D eigenvalue weighted by Crippen LogP contribution is -2.12. The number of rotatable bonds is 2. The van der Waals surface area contributed by atoms with Crippen molar-refractivity contribution < 1.29 is 0 Å². The smallest absolute Gasteiger partial charge is 0.195 e. The van der Waals surface area contributed by atoms with Gasteiger partial charge in [-0.05, 0) is 6.42 Å². The van der Waals surface area contributed by atoms with Crippen molar-refractivity contribution in [3.05, 3.63) is 0 Å². The summed E-state index contributed by atoms with van der Waals surface area (Å²) in [5.74, 6) is 0. The van der Waals surface area contributed by atoms with E-state index in [0.29, 0.717) is 12.7 Å². The van der Waals surface area contributed by atoms with E-state index < -0.39 is 5.41 Å². The van der Waals surface area contributed by atoms with Crippen LogP contribution in [0.4, 0.5) is 0 Å². The van der Waals surface area contributed by atoms with Crippen LogP contribution in [-0.4, -0.2) is 7.85 Å². The van der Waals surface area contributed by atoms with Crippen LogP contribution in [0.2, 0.25) is 6.32 Å². The molecule has 3 nitrogen and oxygen atoms in total. The van der Waals surface area contributed by atoms with E-state index in [1.807, 2.05) is 7.85 Å². The summed E-state index contributed by atoms with van der Waals surface area (Å²) in [6, 6.07) is 5.08. The van der Waals surface area contributed by atoms with E-state index in [0.717, 1.165) is 0 Å². The Balaban J connectivity index is 4.45. The molecule has 0 radical (unpaired) electrons. The number of hydrogen-bond acceptors (Lipinski definition) is 3. The van der Waals surface area contributed by atoms with E-state index in [1.54, 1.807) is 18.2 Å². The fraction of sp³-hybridized carbons (Fsp3) is 0.500. The standard InChI is InChI=1S/C6H6BN3/c7-2-1-6(3-8,4-9)5-10/h1-2,7H2. The van der Waals surface area contributed by atoms with Gasteiger partial charge in [0.2, 0.25) is 5.41 Å². The van der Waals surface area contributed by atoms with Gasteiger partial charge >= 0.3 is 0 Å². The second-order valence-corrected chi connectivity index (χ2v) is 1.99. The average molecular weight is 131 g/mol. The maximum Gasteiger partial charge on any atom is 0.228 e. The van der Waals surface area contributed by atoms with Gasteiger partial charge < -0.3 is 0 Å². The molecule has 0 heterocycles. The molecule has 0 aliphatic rings. The van der Waals surface area contributed by atoms with Gasteiger partial charge in [-0.25, -0.2) is 0 Å². The molecule has 0 aliphatic heterocycles. The van der Waals surface area contributed by atoms with Gasteiger partial charge in [-0.1, -0.05) is 6.32 Å². The minimum Gasteiger partial charge on any atom is -0.195 e. The summed E-state index contributed by atoms with van der Waals surface area (Å²) in [6.07, 6.45) is 1.01. The molecule has 0 aromatic heterocycles. The first-order valence-corrected chi connectivity index (χ1v) is 2.98. The molecule has 48 valence electrons. The van der Waals surface area contributed by atoms with Gasteiger partial charge in [-0.3, -0.25) is 0 Å². The van der Waals surface area contributed by atoms with E-state index >= 15 is 0 Å². The maximum absolute atomic E-state index is 8.41. The zero-order valence-corrected chi connectivity index (χ0v) is 5.76. The Hall–Kier alpha value is -1.47. The largest absolute Gasteiger partial charge is 0.228 e. The minimum atomic E-state index is -1.41. The first kappa shape index (κ1) is 8.53. The van der Waals surface area contributed by atoms with Crippen molar-refractivity contribution in [2.24, 2.45) is 5.41 Å². The number of hydrogen-bond donors (Lipinski definition) is 0. The van der Waals surface area contributed by atoms with Crippen LogP contribution in [0.1, 0.15) is 6.42 Å². The third kappa shape index (κ3) is 1.50. The average Bonchev–Trinajstić information content (AvgIpc) is 2.01. The van der Waals surface area contributed by atoms with Crippen LogP contribution < -0.4 is 0 Å². The van der Waals surface area contributed by atoms with Crippen LogP contribution in [0.3, 0.4) is 0 Å². The van der Waals surface area contributed by atoms with Gasteiger partial charge in [0.25, 0.3) is 0 Å². The summed E-state index contributed by atoms with van der Waals surface area (Å²) in [6.45, 7) is 0. The predicted molar refractivity (Wildman–Crippen MR) is 37.2 cm³/mol. The topological polar surface area (TPSA) is 71.4 Å². The highest BCUT2D eigenvalue weighted by Gasteiger charge is 2.27. The van der Waals surface area contributed by atoms with Crippen molar-refractivity contribution in [2.45, 2.75) is 12.7 Å². The van der Waals surface area contributed by atoms with Crippen molar-refractivity contribution in [1.82, 2.24) is 0 Å². The first-order valence-electron chi connectivity index (χ1n) is 2.98. The van der Waals surface area contributed by atoms with E-state index in [2.05, 4.69) is 0 Å². The summed E-state index contributed by atoms with van der Waals surface area (Å²) >= 11 is 0. The zero-order valence-electron chi connectivity index (χ0n) is 5.76. The second-order valence-electron chi connectivity index (χ2n) is 1.99. The van der Waals surface area contributed by atoms with E-state index in [9.17, 15) is 0 Å². The Morgan fingerprint density at radius 3 is 1.60 bits per heavy atom. The van der Waals surface area contributed by atoms with Crippen molar-refractivity contribution in [2.75, 3.05) is 0 Å². The summed E-state index contributed by atoms with van der Waals surface area (Å²) in [5.41, 5.74) is -1.41. The molecule has 0 saturated heterocycles. The van der Waals surface area contributed by atoms with E-state index in [-0.39, 0.29) is 0 Å². The lowest BCUT2D eigenvalue weighted by Gasteiger charge is -2.04. The molecule has 0 aromatic rings. The Kier molecular flexibility index (Phi) is 3.02. The van der Waals surface area contributed by atoms with Gasteiger partial charge in [-0.2, -0.15) is 15.8 Å². The van der Waals surface area contributed by atoms with Crippen molar-refractivity contribution >= 4 is 7.85 Å². The highest BCUT2D eigenvalue weighted by Crippen LogP contribution is 2.19. The molecule has 0 spiro atoms. The summed E-state index contributed by atoms with van der Waals surface area (Å²) < 4.78 is 0. The summed E-state index contributed by atoms with van der Waals surface area (Å²) in [4.78, 5) is 0. The number of nitriles is 3. The molecule has 0 fully saturated rings. The predicted octanol–water partition coefficient (Wildman–Crippen LogP) is -0.0150.